The summed E-state index contributed by atoms with van der Waals surface area (Å²) in [6.45, 7) is 11.1. The topological polar surface area (TPSA) is 98.9 Å². The summed E-state index contributed by atoms with van der Waals surface area (Å²) in [6, 6.07) is 13.1. The van der Waals surface area contributed by atoms with Crippen molar-refractivity contribution in [2.45, 2.75) is 72.4 Å². The van der Waals surface area contributed by atoms with E-state index in [2.05, 4.69) is 26.0 Å². The van der Waals surface area contributed by atoms with Crippen LogP contribution in [0.15, 0.2) is 42.5 Å². The first-order valence-electron chi connectivity index (χ1n) is 14.7. The number of halogens is 2. The molecule has 1 aromatic heterocycles. The lowest BCUT2D eigenvalue weighted by Crippen LogP contribution is -2.33. The molecule has 4 aromatic rings. The van der Waals surface area contributed by atoms with Crippen LogP contribution in [0.25, 0.3) is 11.0 Å². The molecule has 0 radical (unpaired) electrons. The van der Waals surface area contributed by atoms with Crippen LogP contribution in [0.4, 0.5) is 8.78 Å². The highest BCUT2D eigenvalue weighted by Crippen LogP contribution is 2.46. The Morgan fingerprint density at radius 2 is 1.84 bits per heavy atom. The first-order valence-corrected chi connectivity index (χ1v) is 14.7. The minimum absolute atomic E-state index is 0.0142. The van der Waals surface area contributed by atoms with Gasteiger partial charge in [-0.2, -0.15) is 0 Å². The normalized spacial score (nSPS) is 18.5. The Balaban J connectivity index is 1.37. The molecule has 0 aliphatic carbocycles. The van der Waals surface area contributed by atoms with E-state index in [1.54, 1.807) is 24.6 Å². The average Bonchev–Trinajstić information content (AvgIpc) is 3.42. The molecule has 0 saturated carbocycles. The second-order valence-corrected chi connectivity index (χ2v) is 12.4. The second-order valence-electron chi connectivity index (χ2n) is 12.4. The molecule has 6 rings (SSSR count). The van der Waals surface area contributed by atoms with Gasteiger partial charge in [-0.25, -0.2) is 4.68 Å². The molecular formula is C33H36F2N4O5. The molecule has 232 valence electrons. The number of alkyl halides is 2. The summed E-state index contributed by atoms with van der Waals surface area (Å²) in [5.74, 6) is -0.923. The molecule has 11 heteroatoms. The number of nitrogens with zero attached hydrogens (tertiary/aromatic N) is 4. The molecule has 44 heavy (non-hydrogen) atoms. The second kappa shape index (κ2) is 10.7. The van der Waals surface area contributed by atoms with E-state index in [9.17, 15) is 18.7 Å². The zero-order chi connectivity index (χ0) is 31.6. The largest absolute Gasteiger partial charge is 0.586 e. The van der Waals surface area contributed by atoms with Crippen LogP contribution in [0, 0.1) is 19.3 Å². The monoisotopic (exact) mass is 606 g/mol. The lowest BCUT2D eigenvalue weighted by molar-refractivity contribution is -0.286. The van der Waals surface area contributed by atoms with Crippen molar-refractivity contribution < 1.29 is 32.9 Å². The smallest absolute Gasteiger partial charge is 0.489 e. The molecule has 0 amide bonds. The van der Waals surface area contributed by atoms with Crippen LogP contribution in [0.3, 0.4) is 0 Å². The van der Waals surface area contributed by atoms with Crippen LogP contribution in [0.5, 0.6) is 17.2 Å². The average molecular weight is 607 g/mol. The van der Waals surface area contributed by atoms with Crippen LogP contribution in [-0.2, 0) is 24.9 Å². The maximum Gasteiger partial charge on any atom is 0.586 e. The minimum Gasteiger partial charge on any atom is -0.489 e. The summed E-state index contributed by atoms with van der Waals surface area (Å²) in [4.78, 5) is 14.9. The van der Waals surface area contributed by atoms with E-state index < -0.39 is 23.6 Å². The number of carbonyl (C=O) groups is 1. The fraction of sp³-hybridized carbons (Fsp3) is 0.424. The molecule has 1 unspecified atom stereocenters. The number of carboxylic acids is 1. The third-order valence-electron chi connectivity index (χ3n) is 8.95. The fourth-order valence-corrected chi connectivity index (χ4v) is 6.35. The Morgan fingerprint density at radius 3 is 2.55 bits per heavy atom. The Hall–Kier alpha value is -4.25. The van der Waals surface area contributed by atoms with E-state index in [0.717, 1.165) is 50.8 Å². The van der Waals surface area contributed by atoms with Gasteiger partial charge in [0.15, 0.2) is 11.5 Å². The fourth-order valence-electron chi connectivity index (χ4n) is 6.35. The van der Waals surface area contributed by atoms with Gasteiger partial charge in [0.1, 0.15) is 17.4 Å². The Labute approximate surface area is 254 Å². The van der Waals surface area contributed by atoms with E-state index in [1.807, 2.05) is 52.1 Å². The van der Waals surface area contributed by atoms with Crippen LogP contribution in [0.1, 0.15) is 66.5 Å². The van der Waals surface area contributed by atoms with Crippen molar-refractivity contribution in [3.05, 3.63) is 75.8 Å². The van der Waals surface area contributed by atoms with Crippen LogP contribution in [0.2, 0.25) is 0 Å². The molecule has 0 bridgehead atoms. The summed E-state index contributed by atoms with van der Waals surface area (Å²) in [5.41, 5.74) is 5.98. The van der Waals surface area contributed by atoms with E-state index >= 15 is 0 Å². The molecule has 9 nitrogen and oxygen atoms in total. The van der Waals surface area contributed by atoms with Crippen LogP contribution in [-0.4, -0.2) is 49.9 Å². The van der Waals surface area contributed by atoms with E-state index in [4.69, 9.17) is 9.47 Å². The van der Waals surface area contributed by atoms with E-state index in [-0.39, 0.29) is 17.6 Å². The highest BCUT2D eigenvalue weighted by molar-refractivity contribution is 5.81. The number of hydrogen-bond donors (Lipinski definition) is 1. The van der Waals surface area contributed by atoms with Gasteiger partial charge in [0.2, 0.25) is 0 Å². The first-order chi connectivity index (χ1) is 20.8. The predicted molar refractivity (Wildman–Crippen MR) is 159 cm³/mol. The first kappa shape index (κ1) is 29.8. The van der Waals surface area contributed by atoms with Gasteiger partial charge < -0.3 is 19.3 Å². The van der Waals surface area contributed by atoms with Gasteiger partial charge in [0, 0.05) is 44.2 Å². The maximum atomic E-state index is 13.8. The number of aliphatic carboxylic acids is 1. The molecule has 2 aliphatic heterocycles. The van der Waals surface area contributed by atoms with Crippen molar-refractivity contribution in [3.63, 3.8) is 0 Å². The zero-order valence-corrected chi connectivity index (χ0v) is 25.6. The predicted octanol–water partition coefficient (Wildman–Crippen LogP) is 6.32. The molecule has 0 spiro atoms. The molecule has 3 aromatic carbocycles. The number of benzene rings is 3. The van der Waals surface area contributed by atoms with Gasteiger partial charge >= 0.3 is 12.3 Å². The van der Waals surface area contributed by atoms with E-state index in [0.29, 0.717) is 25.4 Å². The number of hydrogen-bond acceptors (Lipinski definition) is 7. The highest BCUT2D eigenvalue weighted by atomic mass is 19.3. The number of aryl methyl sites for hydroxylation is 3. The van der Waals surface area contributed by atoms with Gasteiger partial charge in [-0.15, -0.1) is 13.9 Å². The minimum atomic E-state index is -3.71. The standard InChI is InChI=1S/C33H36F2N4O5/c1-7-23-17-39(16-22-13-27-28(14-26(22)42-23)44-33(34,35)43-27)15-21-12-20(9-8-18(21)2)29(32(4,5)31(40)41)24-10-11-25-30(19(24)3)36-37-38(25)6/h8-14,23,29H,7,15-17H2,1-6H3,(H,40,41)/t23-,29?/m1/s1. The summed E-state index contributed by atoms with van der Waals surface area (Å²) < 4.78 is 44.9. The number of carboxylic acid groups (broad SMARTS) is 1. The lowest BCUT2D eigenvalue weighted by atomic mass is 9.69. The van der Waals surface area contributed by atoms with Crippen molar-refractivity contribution in [3.8, 4) is 17.2 Å². The number of ether oxygens (including phenoxy) is 3. The molecular weight excluding hydrogens is 570 g/mol. The van der Waals surface area contributed by atoms with Gasteiger partial charge in [-0.05, 0) is 74.1 Å². The maximum absolute atomic E-state index is 13.8. The SMILES string of the molecule is CC[C@@H]1CN(Cc2cc(C(c3ccc4c(nnn4C)c3C)C(C)(C)C(=O)O)ccc2C)Cc2cc3c(cc2O1)OC(F)(F)O3. The Kier molecular flexibility index (Phi) is 7.27. The highest BCUT2D eigenvalue weighted by Gasteiger charge is 2.44. The van der Waals surface area contributed by atoms with Gasteiger partial charge in [-0.1, -0.05) is 36.4 Å². The molecule has 2 aliphatic rings. The van der Waals surface area contributed by atoms with Crippen molar-refractivity contribution in [2.75, 3.05) is 6.54 Å². The number of aromatic nitrogens is 3. The van der Waals surface area contributed by atoms with Crippen molar-refractivity contribution in [1.82, 2.24) is 19.9 Å². The van der Waals surface area contributed by atoms with Crippen LogP contribution < -0.4 is 14.2 Å². The third kappa shape index (κ3) is 5.23. The van der Waals surface area contributed by atoms with Gasteiger partial charge in [0.25, 0.3) is 0 Å². The molecule has 0 fully saturated rings. The Bertz CT molecular complexity index is 1770. The number of rotatable bonds is 7. The van der Waals surface area contributed by atoms with E-state index in [1.165, 1.54) is 6.07 Å². The summed E-state index contributed by atoms with van der Waals surface area (Å²) in [7, 11) is 1.83. The quantitative estimate of drug-likeness (QED) is 0.261. The van der Waals surface area contributed by atoms with Crippen molar-refractivity contribution >= 4 is 17.0 Å². The molecule has 1 N–H and O–H groups in total. The van der Waals surface area contributed by atoms with Gasteiger partial charge in [-0.3, -0.25) is 9.69 Å². The summed E-state index contributed by atoms with van der Waals surface area (Å²) >= 11 is 0. The van der Waals surface area contributed by atoms with Crippen molar-refractivity contribution in [2.24, 2.45) is 12.5 Å². The third-order valence-corrected chi connectivity index (χ3v) is 8.95. The van der Waals surface area contributed by atoms with Crippen LogP contribution >= 0.6 is 0 Å². The molecule has 0 saturated heterocycles. The van der Waals surface area contributed by atoms with Gasteiger partial charge in [0.05, 0.1) is 10.9 Å². The lowest BCUT2D eigenvalue weighted by Gasteiger charge is -2.33. The summed E-state index contributed by atoms with van der Waals surface area (Å²) in [5, 5.41) is 18.9. The summed E-state index contributed by atoms with van der Waals surface area (Å²) in [6.07, 6.45) is -3.15. The Morgan fingerprint density at radius 1 is 1.11 bits per heavy atom. The molecule has 2 atom stereocenters. The zero-order valence-electron chi connectivity index (χ0n) is 25.6. The van der Waals surface area contributed by atoms with Crippen molar-refractivity contribution in [1.29, 1.82) is 0 Å². The molecule has 3 heterocycles. The number of fused-ring (bicyclic) bond motifs is 3.